The van der Waals surface area contributed by atoms with Crippen LogP contribution in [0.15, 0.2) is 29.2 Å². The van der Waals surface area contributed by atoms with Gasteiger partial charge in [0.05, 0.1) is 28.1 Å². The van der Waals surface area contributed by atoms with Gasteiger partial charge in [-0.05, 0) is 45.9 Å². The molecule has 2 rings (SSSR count). The average molecular weight is 408 g/mol. The van der Waals surface area contributed by atoms with E-state index in [0.717, 1.165) is 18.2 Å². The van der Waals surface area contributed by atoms with Crippen LogP contribution in [0.1, 0.15) is 39.7 Å². The van der Waals surface area contributed by atoms with Crippen molar-refractivity contribution in [3.8, 4) is 0 Å². The quantitative estimate of drug-likeness (QED) is 0.776. The Morgan fingerprint density at radius 1 is 1.26 bits per heavy atom. The molecule has 0 radical (unpaired) electrons. The monoisotopic (exact) mass is 408 g/mol. The number of likely N-dealkylation sites (tertiary alicyclic amines) is 1. The second-order valence-corrected chi connectivity index (χ2v) is 9.63. The number of alkyl halides is 3. The Morgan fingerprint density at radius 3 is 2.30 bits per heavy atom. The van der Waals surface area contributed by atoms with E-state index in [1.807, 2.05) is 0 Å². The second-order valence-electron chi connectivity index (χ2n) is 7.92. The summed E-state index contributed by atoms with van der Waals surface area (Å²) in [6.45, 7) is 6.82. The maximum Gasteiger partial charge on any atom is 0.416 e. The van der Waals surface area contributed by atoms with E-state index in [0.29, 0.717) is 6.07 Å². The third kappa shape index (κ3) is 3.97. The SMILES string of the molecule is C[C@H]1C[C@@H](NS(=O)(=O)c2cccc(C(F)(F)F)c2)C[N+]1(C(=O)[O-])C(C)(C)C. The molecule has 1 amide bonds. The van der Waals surface area contributed by atoms with Crippen molar-refractivity contribution in [1.29, 1.82) is 0 Å². The Morgan fingerprint density at radius 2 is 1.85 bits per heavy atom. The predicted octanol–water partition coefficient (Wildman–Crippen LogP) is 2.10. The minimum Gasteiger partial charge on any atom is -0.498 e. The molecule has 1 unspecified atom stereocenters. The zero-order valence-electron chi connectivity index (χ0n) is 15.5. The molecule has 0 saturated carbocycles. The molecule has 0 aliphatic carbocycles. The number of quaternary nitrogens is 1. The Balaban J connectivity index is 2.31. The Hall–Kier alpha value is -1.65. The van der Waals surface area contributed by atoms with Gasteiger partial charge in [-0.1, -0.05) is 6.07 Å². The molecule has 1 aliphatic heterocycles. The van der Waals surface area contributed by atoms with Gasteiger partial charge in [0, 0.05) is 6.42 Å². The molecule has 6 nitrogen and oxygen atoms in total. The van der Waals surface area contributed by atoms with Crippen molar-refractivity contribution in [2.24, 2.45) is 0 Å². The molecule has 27 heavy (non-hydrogen) atoms. The summed E-state index contributed by atoms with van der Waals surface area (Å²) in [5, 5.41) is 11.9. The summed E-state index contributed by atoms with van der Waals surface area (Å²) in [6, 6.07) is 2.27. The summed E-state index contributed by atoms with van der Waals surface area (Å²) in [7, 11) is -4.24. The number of benzene rings is 1. The van der Waals surface area contributed by atoms with Gasteiger partial charge in [-0.2, -0.15) is 13.2 Å². The summed E-state index contributed by atoms with van der Waals surface area (Å²) in [5.74, 6) is 0. The van der Waals surface area contributed by atoms with Crippen LogP contribution in [0.3, 0.4) is 0 Å². The molecular weight excluding hydrogens is 385 g/mol. The van der Waals surface area contributed by atoms with E-state index in [9.17, 15) is 31.5 Å². The second kappa shape index (κ2) is 6.75. The predicted molar refractivity (Wildman–Crippen MR) is 89.9 cm³/mol. The van der Waals surface area contributed by atoms with E-state index >= 15 is 0 Å². The fraction of sp³-hybridized carbons (Fsp3) is 0.588. The third-order valence-corrected chi connectivity index (χ3v) is 6.72. The van der Waals surface area contributed by atoms with Crippen LogP contribution in [0, 0.1) is 0 Å². The van der Waals surface area contributed by atoms with Crippen LogP contribution >= 0.6 is 0 Å². The summed E-state index contributed by atoms with van der Waals surface area (Å²) >= 11 is 0. The van der Waals surface area contributed by atoms with Gasteiger partial charge < -0.3 is 9.90 Å². The number of nitrogens with zero attached hydrogens (tertiary/aromatic N) is 1. The molecule has 1 saturated heterocycles. The highest BCUT2D eigenvalue weighted by Gasteiger charge is 2.54. The molecule has 1 heterocycles. The van der Waals surface area contributed by atoms with Crippen LogP contribution in [-0.4, -0.2) is 43.2 Å². The largest absolute Gasteiger partial charge is 0.498 e. The standard InChI is InChI=1S/C17H23F3N2O4S/c1-11-8-13(10-22(11,15(23)24)16(2,3)4)21-27(25,26)14-7-5-6-12(9-14)17(18,19)20/h5-7,9,11,13,21H,8,10H2,1-4H3/t11-,13+,22?/m0/s1. The highest BCUT2D eigenvalue weighted by molar-refractivity contribution is 7.89. The van der Waals surface area contributed by atoms with E-state index < -0.39 is 54.9 Å². The number of nitrogens with one attached hydrogen (secondary N) is 1. The zero-order chi connectivity index (χ0) is 20.8. The number of sulfonamides is 1. The van der Waals surface area contributed by atoms with E-state index in [2.05, 4.69) is 4.72 Å². The maximum absolute atomic E-state index is 12.8. The first-order chi connectivity index (χ1) is 12.1. The number of carbonyl (C=O) groups excluding carboxylic acids is 1. The lowest BCUT2D eigenvalue weighted by atomic mass is 10.0. The molecule has 10 heteroatoms. The first-order valence-electron chi connectivity index (χ1n) is 8.40. The summed E-state index contributed by atoms with van der Waals surface area (Å²) in [5.41, 5.74) is -1.81. The minimum atomic E-state index is -4.67. The summed E-state index contributed by atoms with van der Waals surface area (Å²) in [4.78, 5) is 11.4. The highest BCUT2D eigenvalue weighted by atomic mass is 32.2. The van der Waals surface area contributed by atoms with E-state index in [1.54, 1.807) is 27.7 Å². The smallest absolute Gasteiger partial charge is 0.416 e. The van der Waals surface area contributed by atoms with Crippen molar-refractivity contribution in [3.05, 3.63) is 29.8 Å². The molecular formula is C17H23F3N2O4S. The van der Waals surface area contributed by atoms with Gasteiger partial charge in [0.1, 0.15) is 6.54 Å². The first-order valence-corrected chi connectivity index (χ1v) is 9.88. The normalized spacial score (nSPS) is 26.9. The fourth-order valence-electron chi connectivity index (χ4n) is 3.87. The minimum absolute atomic E-state index is 0.0504. The average Bonchev–Trinajstić information content (AvgIpc) is 2.83. The number of carboxylic acid groups (broad SMARTS) is 1. The Bertz CT molecular complexity index is 833. The molecule has 152 valence electrons. The fourth-order valence-corrected chi connectivity index (χ4v) is 5.16. The third-order valence-electron chi connectivity index (χ3n) is 5.20. The number of hydrogen-bond acceptors (Lipinski definition) is 4. The van der Waals surface area contributed by atoms with Crippen molar-refractivity contribution in [3.63, 3.8) is 0 Å². The first kappa shape index (κ1) is 21.6. The number of rotatable bonds is 3. The van der Waals surface area contributed by atoms with E-state index in [1.165, 1.54) is 0 Å². The van der Waals surface area contributed by atoms with Crippen LogP contribution in [0.25, 0.3) is 0 Å². The number of carbonyl (C=O) groups is 1. The molecule has 1 N–H and O–H groups in total. The lowest BCUT2D eigenvalue weighted by Crippen LogP contribution is -2.69. The van der Waals surface area contributed by atoms with Crippen molar-refractivity contribution in [1.82, 2.24) is 4.72 Å². The Labute approximate surface area is 156 Å². The molecule has 3 atom stereocenters. The maximum atomic E-state index is 12.8. The van der Waals surface area contributed by atoms with Gasteiger partial charge in [-0.15, -0.1) is 0 Å². The number of hydrogen-bond donors (Lipinski definition) is 1. The van der Waals surface area contributed by atoms with Crippen LogP contribution < -0.4 is 9.83 Å². The van der Waals surface area contributed by atoms with Crippen molar-refractivity contribution in [2.45, 2.75) is 62.8 Å². The lowest BCUT2D eigenvalue weighted by Gasteiger charge is -2.48. The van der Waals surface area contributed by atoms with Crippen LogP contribution in [0.4, 0.5) is 18.0 Å². The van der Waals surface area contributed by atoms with Gasteiger partial charge in [0.2, 0.25) is 10.0 Å². The van der Waals surface area contributed by atoms with Crippen LogP contribution in [0.5, 0.6) is 0 Å². The molecule has 1 aliphatic rings. The highest BCUT2D eigenvalue weighted by Crippen LogP contribution is 2.37. The van der Waals surface area contributed by atoms with Crippen LogP contribution in [-0.2, 0) is 16.2 Å². The van der Waals surface area contributed by atoms with Gasteiger partial charge >= 0.3 is 6.18 Å². The molecule has 0 bridgehead atoms. The number of halogens is 3. The molecule has 1 fully saturated rings. The van der Waals surface area contributed by atoms with Gasteiger partial charge in [0.25, 0.3) is 6.09 Å². The van der Waals surface area contributed by atoms with Gasteiger partial charge in [0.15, 0.2) is 0 Å². The summed E-state index contributed by atoms with van der Waals surface area (Å²) in [6.07, 6.45) is -5.75. The topological polar surface area (TPSA) is 86.3 Å². The molecule has 1 aromatic rings. The summed E-state index contributed by atoms with van der Waals surface area (Å²) < 4.78 is 65.6. The van der Waals surface area contributed by atoms with Gasteiger partial charge in [-0.3, -0.25) is 4.48 Å². The van der Waals surface area contributed by atoms with Crippen molar-refractivity contribution < 1.29 is 36.0 Å². The molecule has 0 aromatic heterocycles. The van der Waals surface area contributed by atoms with Crippen molar-refractivity contribution in [2.75, 3.05) is 6.54 Å². The van der Waals surface area contributed by atoms with Crippen molar-refractivity contribution >= 4 is 16.1 Å². The zero-order valence-corrected chi connectivity index (χ0v) is 16.3. The lowest BCUT2D eigenvalue weighted by molar-refractivity contribution is -0.928. The Kier molecular flexibility index (Phi) is 5.41. The van der Waals surface area contributed by atoms with E-state index in [-0.39, 0.29) is 13.0 Å². The molecule has 1 aromatic carbocycles. The van der Waals surface area contributed by atoms with E-state index in [4.69, 9.17) is 0 Å². The number of amides is 1. The van der Waals surface area contributed by atoms with Gasteiger partial charge in [-0.25, -0.2) is 13.1 Å². The molecule has 0 spiro atoms. The van der Waals surface area contributed by atoms with Crippen LogP contribution in [0.2, 0.25) is 0 Å².